The number of amides is 2. The van der Waals surface area contributed by atoms with Crippen molar-refractivity contribution in [3.05, 3.63) is 118 Å². The first-order chi connectivity index (χ1) is 18.6. The van der Waals surface area contributed by atoms with Crippen molar-refractivity contribution >= 4 is 28.8 Å². The summed E-state index contributed by atoms with van der Waals surface area (Å²) < 4.78 is 0. The smallest absolute Gasteiger partial charge is 0.264 e. The molecule has 4 aromatic rings. The molecule has 0 N–H and O–H groups in total. The minimum atomic E-state index is -0.389. The van der Waals surface area contributed by atoms with Crippen LogP contribution >= 0.6 is 11.3 Å². The molecule has 3 aromatic carbocycles. The summed E-state index contributed by atoms with van der Waals surface area (Å²) in [6.45, 7) is 6.19. The molecular formula is C31H30N4O2S. The van der Waals surface area contributed by atoms with Crippen molar-refractivity contribution in [3.63, 3.8) is 0 Å². The van der Waals surface area contributed by atoms with Crippen LogP contribution < -0.4 is 4.90 Å². The summed E-state index contributed by atoms with van der Waals surface area (Å²) in [5.74, 6) is -0.161. The number of rotatable bonds is 7. The standard InChI is InChI=1S/C31H30N4O2S/c1-22(29-32-15-20-38-29)35-30(36)25-13-8-14-27(28(25)31(35)37)34-18-16-33(17-19-34)21-26(23-9-4-2-5-10-23)24-11-6-3-7-12-24/h2-15,20,22,26H,16-19,21H2,1H3. The second kappa shape index (κ2) is 10.5. The molecule has 0 aliphatic carbocycles. The van der Waals surface area contributed by atoms with Gasteiger partial charge in [0.15, 0.2) is 0 Å². The second-order valence-electron chi connectivity index (χ2n) is 9.89. The van der Waals surface area contributed by atoms with Crippen LogP contribution in [0.5, 0.6) is 0 Å². The third-order valence-electron chi connectivity index (χ3n) is 7.68. The molecule has 1 saturated heterocycles. The Kier molecular flexibility index (Phi) is 6.79. The zero-order valence-electron chi connectivity index (χ0n) is 21.4. The number of anilines is 1. The van der Waals surface area contributed by atoms with Crippen molar-refractivity contribution in [1.82, 2.24) is 14.8 Å². The van der Waals surface area contributed by atoms with Crippen LogP contribution in [-0.4, -0.2) is 59.3 Å². The van der Waals surface area contributed by atoms with E-state index >= 15 is 0 Å². The van der Waals surface area contributed by atoms with Crippen molar-refractivity contribution in [2.45, 2.75) is 18.9 Å². The highest BCUT2D eigenvalue weighted by atomic mass is 32.1. The van der Waals surface area contributed by atoms with E-state index in [-0.39, 0.29) is 17.9 Å². The molecule has 6 nitrogen and oxygen atoms in total. The summed E-state index contributed by atoms with van der Waals surface area (Å²) >= 11 is 1.46. The van der Waals surface area contributed by atoms with Gasteiger partial charge in [0.25, 0.3) is 11.8 Å². The number of hydrogen-bond acceptors (Lipinski definition) is 6. The molecule has 3 heterocycles. The van der Waals surface area contributed by atoms with Gasteiger partial charge in [0, 0.05) is 50.2 Å². The van der Waals surface area contributed by atoms with Gasteiger partial charge in [-0.15, -0.1) is 11.3 Å². The van der Waals surface area contributed by atoms with Gasteiger partial charge in [-0.3, -0.25) is 19.4 Å². The molecule has 1 unspecified atom stereocenters. The van der Waals surface area contributed by atoms with Crippen LogP contribution in [0, 0.1) is 0 Å². The molecule has 2 aliphatic rings. The Morgan fingerprint density at radius 2 is 1.47 bits per heavy atom. The number of piperazine rings is 1. The minimum absolute atomic E-state index is 0.223. The zero-order chi connectivity index (χ0) is 26.1. The third kappa shape index (κ3) is 4.52. The predicted octanol–water partition coefficient (Wildman–Crippen LogP) is 5.45. The lowest BCUT2D eigenvalue weighted by atomic mass is 9.90. The number of aromatic nitrogens is 1. The number of imide groups is 1. The minimum Gasteiger partial charge on any atom is -0.368 e. The summed E-state index contributed by atoms with van der Waals surface area (Å²) in [6.07, 6.45) is 1.71. The number of hydrogen-bond donors (Lipinski definition) is 0. The highest BCUT2D eigenvalue weighted by Gasteiger charge is 2.42. The van der Waals surface area contributed by atoms with Gasteiger partial charge in [-0.2, -0.15) is 0 Å². The molecule has 0 bridgehead atoms. The van der Waals surface area contributed by atoms with E-state index in [1.807, 2.05) is 24.4 Å². The van der Waals surface area contributed by atoms with Crippen LogP contribution in [0.25, 0.3) is 0 Å². The van der Waals surface area contributed by atoms with Crippen LogP contribution in [0.15, 0.2) is 90.4 Å². The summed E-state index contributed by atoms with van der Waals surface area (Å²) in [6, 6.07) is 26.7. The lowest BCUT2D eigenvalue weighted by Gasteiger charge is -2.38. The van der Waals surface area contributed by atoms with Crippen LogP contribution in [0.4, 0.5) is 5.69 Å². The molecule has 1 aromatic heterocycles. The fourth-order valence-corrected chi connectivity index (χ4v) is 6.34. The normalized spacial score (nSPS) is 16.8. The average molecular weight is 523 g/mol. The number of carbonyl (C=O) groups excluding carboxylic acids is 2. The van der Waals surface area contributed by atoms with Crippen LogP contribution in [0.1, 0.15) is 55.7 Å². The van der Waals surface area contributed by atoms with Gasteiger partial charge in [-0.05, 0) is 30.2 Å². The highest BCUT2D eigenvalue weighted by molar-refractivity contribution is 7.09. The third-order valence-corrected chi connectivity index (χ3v) is 8.62. The highest BCUT2D eigenvalue weighted by Crippen LogP contribution is 2.37. The molecule has 0 radical (unpaired) electrons. The summed E-state index contributed by atoms with van der Waals surface area (Å²) in [5, 5.41) is 2.63. The van der Waals surface area contributed by atoms with Crippen molar-refractivity contribution in [2.24, 2.45) is 0 Å². The lowest BCUT2D eigenvalue weighted by molar-refractivity contribution is 0.0595. The van der Waals surface area contributed by atoms with E-state index in [1.165, 1.54) is 27.4 Å². The van der Waals surface area contributed by atoms with Gasteiger partial charge in [-0.1, -0.05) is 66.7 Å². The molecule has 7 heteroatoms. The van der Waals surface area contributed by atoms with E-state index in [2.05, 4.69) is 75.4 Å². The SMILES string of the molecule is CC(c1nccs1)N1C(=O)c2cccc(N3CCN(CC(c4ccccc4)c4ccccc4)CC3)c2C1=O. The van der Waals surface area contributed by atoms with Gasteiger partial charge >= 0.3 is 0 Å². The Bertz CT molecular complexity index is 1380. The fourth-order valence-electron chi connectivity index (χ4n) is 5.66. The Morgan fingerprint density at radius 1 is 0.816 bits per heavy atom. The predicted molar refractivity (Wildman–Crippen MR) is 151 cm³/mol. The Labute approximate surface area is 227 Å². The number of carbonyl (C=O) groups is 2. The quantitative estimate of drug-likeness (QED) is 0.302. The molecule has 6 rings (SSSR count). The first kappa shape index (κ1) is 24.5. The van der Waals surface area contributed by atoms with E-state index in [9.17, 15) is 9.59 Å². The maximum atomic E-state index is 13.6. The molecule has 1 atom stereocenters. The van der Waals surface area contributed by atoms with Crippen molar-refractivity contribution in [1.29, 1.82) is 0 Å². The molecule has 0 saturated carbocycles. The Balaban J connectivity index is 1.19. The fraction of sp³-hybridized carbons (Fsp3) is 0.258. The maximum Gasteiger partial charge on any atom is 0.264 e. The maximum absolute atomic E-state index is 13.6. The first-order valence-corrected chi connectivity index (χ1v) is 14.0. The monoisotopic (exact) mass is 522 g/mol. The molecule has 192 valence electrons. The van der Waals surface area contributed by atoms with Crippen LogP contribution in [-0.2, 0) is 0 Å². The summed E-state index contributed by atoms with van der Waals surface area (Å²) in [7, 11) is 0. The van der Waals surface area contributed by atoms with Gasteiger partial charge in [0.05, 0.1) is 22.9 Å². The number of fused-ring (bicyclic) bond motifs is 1. The van der Waals surface area contributed by atoms with Crippen molar-refractivity contribution in [3.8, 4) is 0 Å². The van der Waals surface area contributed by atoms with E-state index in [4.69, 9.17) is 0 Å². The number of benzene rings is 3. The van der Waals surface area contributed by atoms with E-state index in [1.54, 1.807) is 12.3 Å². The molecule has 38 heavy (non-hydrogen) atoms. The Hall–Kier alpha value is -3.81. The molecular weight excluding hydrogens is 492 g/mol. The van der Waals surface area contributed by atoms with Crippen molar-refractivity contribution < 1.29 is 9.59 Å². The van der Waals surface area contributed by atoms with Crippen LogP contribution in [0.2, 0.25) is 0 Å². The number of nitrogens with zero attached hydrogens (tertiary/aromatic N) is 4. The first-order valence-electron chi connectivity index (χ1n) is 13.1. The van der Waals surface area contributed by atoms with Crippen LogP contribution in [0.3, 0.4) is 0 Å². The second-order valence-corrected chi connectivity index (χ2v) is 10.8. The van der Waals surface area contributed by atoms with Crippen molar-refractivity contribution in [2.75, 3.05) is 37.6 Å². The topological polar surface area (TPSA) is 56.8 Å². The number of thiazole rings is 1. The zero-order valence-corrected chi connectivity index (χ0v) is 22.2. The largest absolute Gasteiger partial charge is 0.368 e. The lowest BCUT2D eigenvalue weighted by Crippen LogP contribution is -2.48. The van der Waals surface area contributed by atoms with Gasteiger partial charge in [0.2, 0.25) is 0 Å². The molecule has 2 aliphatic heterocycles. The van der Waals surface area contributed by atoms with E-state index < -0.39 is 0 Å². The summed E-state index contributed by atoms with van der Waals surface area (Å²) in [4.78, 5) is 37.3. The van der Waals surface area contributed by atoms with E-state index in [0.717, 1.165) is 43.4 Å². The molecule has 0 spiro atoms. The molecule has 1 fully saturated rings. The van der Waals surface area contributed by atoms with E-state index in [0.29, 0.717) is 17.0 Å². The van der Waals surface area contributed by atoms with Gasteiger partial charge in [-0.25, -0.2) is 4.98 Å². The van der Waals surface area contributed by atoms with Gasteiger partial charge in [0.1, 0.15) is 5.01 Å². The average Bonchev–Trinajstić information content (AvgIpc) is 3.60. The Morgan fingerprint density at radius 3 is 2.08 bits per heavy atom. The summed E-state index contributed by atoms with van der Waals surface area (Å²) in [5.41, 5.74) is 4.52. The van der Waals surface area contributed by atoms with Gasteiger partial charge < -0.3 is 4.90 Å². The molecule has 2 amide bonds.